The lowest BCUT2D eigenvalue weighted by Gasteiger charge is -2.18. The molecule has 0 aliphatic carbocycles. The molecule has 3 amide bonds. The first-order chi connectivity index (χ1) is 24.8. The van der Waals surface area contributed by atoms with E-state index in [1.165, 1.54) is 19.2 Å². The normalized spacial score (nSPS) is 14.1. The summed E-state index contributed by atoms with van der Waals surface area (Å²) in [5.41, 5.74) is 2.59. The van der Waals surface area contributed by atoms with Gasteiger partial charge in [-0.05, 0) is 74.4 Å². The molecule has 0 bridgehead atoms. The molecule has 0 aromatic heterocycles. The number of halogens is 6. The smallest absolute Gasteiger partial charge is 0.282 e. The molecule has 0 spiro atoms. The number of benzene rings is 4. The predicted octanol–water partition coefficient (Wildman–Crippen LogP) is 10.3. The van der Waals surface area contributed by atoms with Gasteiger partial charge in [0, 0.05) is 12.1 Å². The summed E-state index contributed by atoms with van der Waals surface area (Å²) < 4.78 is 11.0. The van der Waals surface area contributed by atoms with Crippen LogP contribution >= 0.6 is 69.6 Å². The number of carbonyl (C=O) groups excluding carboxylic acids is 3. The van der Waals surface area contributed by atoms with E-state index in [0.717, 1.165) is 21.9 Å². The first-order valence-electron chi connectivity index (χ1n) is 15.4. The van der Waals surface area contributed by atoms with E-state index < -0.39 is 17.9 Å². The van der Waals surface area contributed by atoms with Crippen molar-refractivity contribution in [3.8, 4) is 11.5 Å². The Hall–Kier alpha value is -4.10. The van der Waals surface area contributed by atoms with Crippen molar-refractivity contribution in [3.05, 3.63) is 107 Å². The summed E-state index contributed by atoms with van der Waals surface area (Å²) in [6.45, 7) is 4.30. The molecule has 0 radical (unpaired) electrons. The first-order valence-corrected chi connectivity index (χ1v) is 17.7. The average Bonchev–Trinajstić information content (AvgIpc) is 3.42. The topological polar surface area (TPSA) is 134 Å². The standard InChI is InChI=1S/C35H28Cl6N6O5/c1-17-6-13-24(18(2)15-17)52-14-4-5-25(48)42-20-9-12-23(36)22(16-20)34(49)43-33-31(45-44-19-7-10-21(51-3)11-8-19)35(50)47(46-33)32-29(40)27(38)26(37)28(39)30(32)41/h6-13,15-16,31H,4-5,14H2,1-3H3,(H,42,48)(H,43,46,49). The highest BCUT2D eigenvalue weighted by atomic mass is 35.5. The van der Waals surface area contributed by atoms with Gasteiger partial charge in [-0.3, -0.25) is 14.4 Å². The maximum absolute atomic E-state index is 13.8. The Bertz CT molecular complexity index is 2080. The maximum atomic E-state index is 13.8. The van der Waals surface area contributed by atoms with Crippen molar-refractivity contribution in [2.24, 2.45) is 15.3 Å². The van der Waals surface area contributed by atoms with E-state index in [9.17, 15) is 14.4 Å². The van der Waals surface area contributed by atoms with Crippen LogP contribution in [0.1, 0.15) is 34.3 Å². The number of anilines is 2. The summed E-state index contributed by atoms with van der Waals surface area (Å²) in [6, 6.07) is 15.3. The number of nitrogens with one attached hydrogen (secondary N) is 2. The lowest BCUT2D eigenvalue weighted by atomic mass is 10.1. The number of ether oxygens (including phenoxy) is 2. The van der Waals surface area contributed by atoms with E-state index >= 15 is 0 Å². The largest absolute Gasteiger partial charge is 0.497 e. The fourth-order valence-electron chi connectivity index (χ4n) is 4.91. The van der Waals surface area contributed by atoms with Gasteiger partial charge in [-0.1, -0.05) is 87.3 Å². The van der Waals surface area contributed by atoms with Crippen LogP contribution in [0.2, 0.25) is 30.1 Å². The summed E-state index contributed by atoms with van der Waals surface area (Å²) in [6.07, 6.45) is 0.615. The molecule has 0 saturated carbocycles. The summed E-state index contributed by atoms with van der Waals surface area (Å²) in [5, 5.41) is 17.9. The van der Waals surface area contributed by atoms with Gasteiger partial charge in [-0.25, -0.2) is 0 Å². The van der Waals surface area contributed by atoms with Gasteiger partial charge in [0.05, 0.1) is 55.1 Å². The minimum absolute atomic E-state index is 0.0364. The number of amidine groups is 1. The molecule has 5 rings (SSSR count). The monoisotopic (exact) mass is 822 g/mol. The minimum atomic E-state index is -1.49. The summed E-state index contributed by atoms with van der Waals surface area (Å²) in [4.78, 5) is 40.2. The number of nitrogens with zero attached hydrogens (tertiary/aromatic N) is 4. The van der Waals surface area contributed by atoms with Gasteiger partial charge >= 0.3 is 0 Å². The second kappa shape index (κ2) is 17.2. The van der Waals surface area contributed by atoms with Gasteiger partial charge < -0.3 is 20.1 Å². The zero-order valence-electron chi connectivity index (χ0n) is 27.6. The van der Waals surface area contributed by atoms with Crippen molar-refractivity contribution >= 4 is 110 Å². The molecule has 52 heavy (non-hydrogen) atoms. The molecule has 4 aromatic rings. The van der Waals surface area contributed by atoms with Crippen molar-refractivity contribution in [1.29, 1.82) is 0 Å². The fraction of sp³-hybridized carbons (Fsp3) is 0.200. The molecule has 1 heterocycles. The van der Waals surface area contributed by atoms with Crippen molar-refractivity contribution in [2.45, 2.75) is 32.7 Å². The molecule has 11 nitrogen and oxygen atoms in total. The number of carbonyl (C=O) groups is 3. The highest BCUT2D eigenvalue weighted by Gasteiger charge is 2.41. The molecule has 0 saturated heterocycles. The number of amides is 3. The number of hydrogen-bond acceptors (Lipinski definition) is 8. The number of hydrazone groups is 1. The van der Waals surface area contributed by atoms with Crippen LogP contribution < -0.4 is 25.1 Å². The van der Waals surface area contributed by atoms with Crippen LogP contribution in [0, 0.1) is 13.8 Å². The van der Waals surface area contributed by atoms with E-state index in [1.807, 2.05) is 32.0 Å². The number of aryl methyl sites for hydroxylation is 2. The van der Waals surface area contributed by atoms with E-state index in [-0.39, 0.29) is 59.6 Å². The molecule has 1 aliphatic rings. The highest BCUT2D eigenvalue weighted by Crippen LogP contribution is 2.49. The first kappa shape index (κ1) is 39.1. The molecule has 1 aliphatic heterocycles. The van der Waals surface area contributed by atoms with Gasteiger partial charge in [-0.15, -0.1) is 5.10 Å². The number of azo groups is 1. The third-order valence-electron chi connectivity index (χ3n) is 7.54. The molecule has 0 fully saturated rings. The van der Waals surface area contributed by atoms with Gasteiger partial charge in [-0.2, -0.15) is 15.2 Å². The summed E-state index contributed by atoms with van der Waals surface area (Å²) >= 11 is 38.0. The van der Waals surface area contributed by atoms with E-state index in [4.69, 9.17) is 79.1 Å². The quantitative estimate of drug-likeness (QED) is 0.0672. The number of rotatable bonds is 11. The Balaban J connectivity index is 1.35. The molecule has 270 valence electrons. The summed E-state index contributed by atoms with van der Waals surface area (Å²) in [7, 11) is 1.51. The third-order valence-corrected chi connectivity index (χ3v) is 10.1. The van der Waals surface area contributed by atoms with Crippen molar-refractivity contribution in [3.63, 3.8) is 0 Å². The lowest BCUT2D eigenvalue weighted by Crippen LogP contribution is -2.39. The Labute approximate surface area is 328 Å². The van der Waals surface area contributed by atoms with E-state index in [1.54, 1.807) is 30.3 Å². The maximum Gasteiger partial charge on any atom is 0.282 e. The van der Waals surface area contributed by atoms with E-state index in [2.05, 4.69) is 26.0 Å². The Morgan fingerprint density at radius 2 is 1.54 bits per heavy atom. The van der Waals surface area contributed by atoms with Crippen LogP contribution in [0.3, 0.4) is 0 Å². The van der Waals surface area contributed by atoms with Crippen LogP contribution in [0.25, 0.3) is 0 Å². The predicted molar refractivity (Wildman–Crippen MR) is 206 cm³/mol. The molecular weight excluding hydrogens is 797 g/mol. The fourth-order valence-corrected chi connectivity index (χ4v) is 6.41. The highest BCUT2D eigenvalue weighted by molar-refractivity contribution is 6.57. The zero-order valence-corrected chi connectivity index (χ0v) is 32.1. The molecule has 1 unspecified atom stereocenters. The minimum Gasteiger partial charge on any atom is -0.497 e. The Morgan fingerprint density at radius 3 is 2.19 bits per heavy atom. The van der Waals surface area contributed by atoms with Crippen LogP contribution in [-0.2, 0) is 9.59 Å². The van der Waals surface area contributed by atoms with Crippen molar-refractivity contribution in [1.82, 2.24) is 5.32 Å². The summed E-state index contributed by atoms with van der Waals surface area (Å²) in [5.74, 6) is -0.796. The molecule has 4 aromatic carbocycles. The van der Waals surface area contributed by atoms with Crippen LogP contribution in [-0.4, -0.2) is 43.3 Å². The lowest BCUT2D eigenvalue weighted by molar-refractivity contribution is -0.118. The third kappa shape index (κ3) is 8.91. The molecular formula is C35H28Cl6N6O5. The van der Waals surface area contributed by atoms with Crippen LogP contribution in [0.4, 0.5) is 17.1 Å². The average molecular weight is 825 g/mol. The second-order valence-corrected chi connectivity index (χ2v) is 13.6. The Kier molecular flexibility index (Phi) is 12.9. The Morgan fingerprint density at radius 1 is 0.865 bits per heavy atom. The van der Waals surface area contributed by atoms with Gasteiger partial charge in [0.2, 0.25) is 11.9 Å². The van der Waals surface area contributed by atoms with Crippen LogP contribution in [0.15, 0.2) is 76.0 Å². The van der Waals surface area contributed by atoms with Gasteiger partial charge in [0.25, 0.3) is 11.8 Å². The molecule has 2 N–H and O–H groups in total. The molecule has 17 heteroatoms. The SMILES string of the molecule is COc1ccc(N=NC2C(=O)N(c3c(Cl)c(Cl)c(Cl)c(Cl)c3Cl)N=C2NC(=O)c2cc(NC(=O)CCCOc3ccc(C)cc3C)ccc2Cl)cc1. The van der Waals surface area contributed by atoms with Gasteiger partial charge in [0.15, 0.2) is 5.84 Å². The van der Waals surface area contributed by atoms with Crippen LogP contribution in [0.5, 0.6) is 11.5 Å². The van der Waals surface area contributed by atoms with Gasteiger partial charge in [0.1, 0.15) is 17.2 Å². The second-order valence-electron chi connectivity index (χ2n) is 11.3. The van der Waals surface area contributed by atoms with E-state index in [0.29, 0.717) is 30.2 Å². The number of hydrogen-bond donors (Lipinski definition) is 2. The zero-order chi connectivity index (χ0) is 37.7. The van der Waals surface area contributed by atoms with Crippen molar-refractivity contribution in [2.75, 3.05) is 24.0 Å². The number of methoxy groups -OCH3 is 1. The van der Waals surface area contributed by atoms with Crippen molar-refractivity contribution < 1.29 is 23.9 Å². The molecule has 1 atom stereocenters.